The highest BCUT2D eigenvalue weighted by Gasteiger charge is 2.43. The third-order valence-corrected chi connectivity index (χ3v) is 12.2. The van der Waals surface area contributed by atoms with Crippen LogP contribution in [0.1, 0.15) is 25.1 Å². The van der Waals surface area contributed by atoms with Crippen LogP contribution >= 0.6 is 0 Å². The second-order valence-electron chi connectivity index (χ2n) is 15.8. The molecule has 0 atom stereocenters. The number of rotatable bonds is 6. The predicted octanol–water partition coefficient (Wildman–Crippen LogP) is 14.8. The summed E-state index contributed by atoms with van der Waals surface area (Å²) in [5.41, 5.74) is 14.7. The van der Waals surface area contributed by atoms with E-state index in [1.54, 1.807) is 0 Å². The maximum atomic E-state index is 7.14. The van der Waals surface area contributed by atoms with Gasteiger partial charge in [-0.1, -0.05) is 117 Å². The van der Waals surface area contributed by atoms with Gasteiger partial charge < -0.3 is 14.2 Å². The first-order valence-corrected chi connectivity index (χ1v) is 19.7. The molecule has 0 spiro atoms. The van der Waals surface area contributed by atoms with Gasteiger partial charge >= 0.3 is 0 Å². The van der Waals surface area contributed by atoms with E-state index in [0.717, 1.165) is 56.2 Å². The normalized spacial score (nSPS) is 13.2. The number of furan rings is 1. The molecule has 11 aromatic rings. The minimum absolute atomic E-state index is 0.262. The Kier molecular flexibility index (Phi) is 6.65. The number of para-hydroxylation sites is 4. The van der Waals surface area contributed by atoms with Crippen molar-refractivity contribution in [1.82, 2.24) is 4.40 Å². The van der Waals surface area contributed by atoms with Crippen molar-refractivity contribution in [2.24, 2.45) is 0 Å². The molecule has 1 aliphatic carbocycles. The molecule has 0 amide bonds. The second-order valence-corrected chi connectivity index (χ2v) is 15.8. The Morgan fingerprint density at radius 2 is 1.05 bits per heavy atom. The fourth-order valence-electron chi connectivity index (χ4n) is 9.77. The van der Waals surface area contributed by atoms with Crippen molar-refractivity contribution in [2.45, 2.75) is 19.3 Å². The van der Waals surface area contributed by atoms with Crippen LogP contribution in [0.2, 0.25) is 0 Å². The van der Waals surface area contributed by atoms with E-state index >= 15 is 0 Å². The number of benzene rings is 8. The molecule has 0 N–H and O–H groups in total. The van der Waals surface area contributed by atoms with E-state index in [1.807, 2.05) is 0 Å². The van der Waals surface area contributed by atoms with E-state index in [2.05, 4.69) is 216 Å². The molecule has 0 bridgehead atoms. The molecular formula is C53H37N3O. The predicted molar refractivity (Wildman–Crippen MR) is 238 cm³/mol. The van der Waals surface area contributed by atoms with Crippen molar-refractivity contribution >= 4 is 83.3 Å². The number of fused-ring (bicyclic) bond motifs is 11. The van der Waals surface area contributed by atoms with Gasteiger partial charge in [-0.15, -0.1) is 0 Å². The Morgan fingerprint density at radius 1 is 0.474 bits per heavy atom. The molecule has 4 nitrogen and oxygen atoms in total. The summed E-state index contributed by atoms with van der Waals surface area (Å²) in [5.74, 6) is 0. The monoisotopic (exact) mass is 731 g/mol. The lowest BCUT2D eigenvalue weighted by Gasteiger charge is -2.26. The summed E-state index contributed by atoms with van der Waals surface area (Å²) in [5, 5.41) is 7.07. The van der Waals surface area contributed by atoms with Crippen LogP contribution in [0.25, 0.3) is 60.3 Å². The largest absolute Gasteiger partial charge is 0.439 e. The maximum Gasteiger partial charge on any atom is 0.213 e. The van der Waals surface area contributed by atoms with E-state index in [-0.39, 0.29) is 5.41 Å². The lowest BCUT2D eigenvalue weighted by atomic mass is 9.85. The molecule has 3 aromatic heterocycles. The standard InChI is InChI=1S/C53H37N3O/c1-53(2)44-26-16-15-25-41(44)48-49-45(55(38-21-11-5-12-22-38)39-23-13-6-14-24-39)30-29-42-47-43-32-34-27-28-40(54(36-17-7-3-8-18-36)37-19-9-4-10-20-37)31-35(34)33-46(43)57-52(47)56(50(42)49)51(48)53/h3-33H,1-2H3. The highest BCUT2D eigenvalue weighted by Crippen LogP contribution is 2.58. The number of hydrogen-bond donors (Lipinski definition) is 0. The number of hydrogen-bond acceptors (Lipinski definition) is 3. The number of aromatic nitrogens is 1. The average Bonchev–Trinajstić information content (AvgIpc) is 3.96. The summed E-state index contributed by atoms with van der Waals surface area (Å²) in [6, 6.07) is 67.6. The van der Waals surface area contributed by atoms with Crippen LogP contribution in [0.5, 0.6) is 0 Å². The van der Waals surface area contributed by atoms with E-state index in [0.29, 0.717) is 0 Å². The lowest BCUT2D eigenvalue weighted by molar-refractivity contribution is 0.606. The third kappa shape index (κ3) is 4.50. The molecule has 0 saturated carbocycles. The topological polar surface area (TPSA) is 24.0 Å². The molecule has 0 aliphatic heterocycles. The van der Waals surface area contributed by atoms with Gasteiger partial charge in [-0.25, -0.2) is 0 Å². The summed E-state index contributed by atoms with van der Waals surface area (Å²) in [7, 11) is 0. The van der Waals surface area contributed by atoms with Gasteiger partial charge in [0, 0.05) is 61.3 Å². The van der Waals surface area contributed by atoms with E-state index in [9.17, 15) is 0 Å². The van der Waals surface area contributed by atoms with Crippen molar-refractivity contribution < 1.29 is 4.42 Å². The first kappa shape index (κ1) is 32.0. The van der Waals surface area contributed by atoms with Gasteiger partial charge in [0.15, 0.2) is 0 Å². The molecule has 0 unspecified atom stereocenters. The summed E-state index contributed by atoms with van der Waals surface area (Å²) < 4.78 is 9.61. The Balaban J connectivity index is 1.14. The zero-order valence-electron chi connectivity index (χ0n) is 31.6. The third-order valence-electron chi connectivity index (χ3n) is 12.2. The summed E-state index contributed by atoms with van der Waals surface area (Å²) in [4.78, 5) is 4.72. The molecule has 270 valence electrons. The SMILES string of the molecule is CC1(C)c2ccccc2-c2c1n1c3oc4cc5cc(N(c6ccccc6)c6ccccc6)ccc5cc4c3c3ccc(N(c4ccccc4)c4ccccc4)c2c31. The van der Waals surface area contributed by atoms with Gasteiger partial charge in [-0.2, -0.15) is 0 Å². The Hall–Kier alpha value is -7.30. The highest BCUT2D eigenvalue weighted by atomic mass is 16.3. The first-order valence-electron chi connectivity index (χ1n) is 19.7. The van der Waals surface area contributed by atoms with Crippen molar-refractivity contribution in [2.75, 3.05) is 9.80 Å². The number of nitrogens with zero attached hydrogens (tertiary/aromatic N) is 3. The van der Waals surface area contributed by atoms with E-state index in [4.69, 9.17) is 4.42 Å². The summed E-state index contributed by atoms with van der Waals surface area (Å²) >= 11 is 0. The van der Waals surface area contributed by atoms with Gasteiger partial charge in [0.2, 0.25) is 5.71 Å². The Morgan fingerprint density at radius 3 is 1.68 bits per heavy atom. The fourth-order valence-corrected chi connectivity index (χ4v) is 9.77. The van der Waals surface area contributed by atoms with Crippen molar-refractivity contribution in [1.29, 1.82) is 0 Å². The van der Waals surface area contributed by atoms with Crippen LogP contribution in [0, 0.1) is 0 Å². The van der Waals surface area contributed by atoms with Crippen LogP contribution in [-0.4, -0.2) is 4.40 Å². The summed E-state index contributed by atoms with van der Waals surface area (Å²) in [6.45, 7) is 4.74. The van der Waals surface area contributed by atoms with Crippen molar-refractivity contribution in [3.05, 3.63) is 199 Å². The van der Waals surface area contributed by atoms with Gasteiger partial charge in [-0.05, 0) is 107 Å². The molecular weight excluding hydrogens is 695 g/mol. The average molecular weight is 732 g/mol. The van der Waals surface area contributed by atoms with Crippen LogP contribution in [0.3, 0.4) is 0 Å². The first-order chi connectivity index (χ1) is 28.1. The quantitative estimate of drug-likeness (QED) is 0.170. The van der Waals surface area contributed by atoms with Crippen molar-refractivity contribution in [3.63, 3.8) is 0 Å². The Labute approximate surface area is 330 Å². The zero-order chi connectivity index (χ0) is 37.8. The summed E-state index contributed by atoms with van der Waals surface area (Å²) in [6.07, 6.45) is 0. The van der Waals surface area contributed by atoms with Gasteiger partial charge in [-0.3, -0.25) is 4.40 Å². The van der Waals surface area contributed by atoms with Gasteiger partial charge in [0.1, 0.15) is 5.58 Å². The minimum atomic E-state index is -0.262. The van der Waals surface area contributed by atoms with E-state index in [1.165, 1.54) is 49.4 Å². The Bertz CT molecular complexity index is 3230. The molecule has 0 radical (unpaired) electrons. The van der Waals surface area contributed by atoms with Crippen LogP contribution in [-0.2, 0) is 5.41 Å². The van der Waals surface area contributed by atoms with Gasteiger partial charge in [0.05, 0.1) is 16.6 Å². The number of anilines is 6. The lowest BCUT2D eigenvalue weighted by Crippen LogP contribution is -2.17. The molecule has 4 heteroatoms. The van der Waals surface area contributed by atoms with E-state index < -0.39 is 0 Å². The molecule has 8 aromatic carbocycles. The van der Waals surface area contributed by atoms with Crippen LogP contribution in [0.4, 0.5) is 34.1 Å². The fraction of sp³-hybridized carbons (Fsp3) is 0.0566. The maximum absolute atomic E-state index is 7.14. The molecule has 12 rings (SSSR count). The second kappa shape index (κ2) is 11.8. The zero-order valence-corrected chi connectivity index (χ0v) is 31.6. The van der Waals surface area contributed by atoms with Crippen molar-refractivity contribution in [3.8, 4) is 11.1 Å². The minimum Gasteiger partial charge on any atom is -0.439 e. The molecule has 3 heterocycles. The molecule has 0 fully saturated rings. The van der Waals surface area contributed by atoms with Crippen LogP contribution < -0.4 is 9.80 Å². The molecule has 0 saturated heterocycles. The van der Waals surface area contributed by atoms with Crippen LogP contribution in [0.15, 0.2) is 192 Å². The molecule has 1 aliphatic rings. The molecule has 57 heavy (non-hydrogen) atoms. The highest BCUT2D eigenvalue weighted by molar-refractivity contribution is 6.29. The van der Waals surface area contributed by atoms with Gasteiger partial charge in [0.25, 0.3) is 0 Å². The smallest absolute Gasteiger partial charge is 0.213 e.